The van der Waals surface area contributed by atoms with Gasteiger partial charge in [0.05, 0.1) is 14.2 Å². The highest BCUT2D eigenvalue weighted by molar-refractivity contribution is 7.80. The topological polar surface area (TPSA) is 59.6 Å². The van der Waals surface area contributed by atoms with Crippen molar-refractivity contribution in [1.82, 2.24) is 10.6 Å². The molecule has 2 N–H and O–H groups in total. The van der Waals surface area contributed by atoms with Crippen LogP contribution in [0.25, 0.3) is 6.08 Å². The molecule has 0 aromatic heterocycles. The number of thiocarbonyl (C=S) groups is 1. The maximum Gasteiger partial charge on any atom is 0.250 e. The molecule has 0 heterocycles. The summed E-state index contributed by atoms with van der Waals surface area (Å²) in [5, 5.41) is 5.88. The number of amides is 1. The van der Waals surface area contributed by atoms with Crippen LogP contribution in [0, 0.1) is 0 Å². The summed E-state index contributed by atoms with van der Waals surface area (Å²) < 4.78 is 10.2. The number of hydrogen-bond donors (Lipinski definition) is 2. The van der Waals surface area contributed by atoms with Gasteiger partial charge in [0.2, 0.25) is 5.91 Å². The molecule has 2 aromatic rings. The second-order valence-corrected chi connectivity index (χ2v) is 5.53. The predicted octanol–water partition coefficient (Wildman–Crippen LogP) is 2.91. The average molecular weight is 356 g/mol. The number of carbonyl (C=O) groups excluding carboxylic acids is 1. The molecular formula is C19H20N2O3S. The highest BCUT2D eigenvalue weighted by atomic mass is 32.1. The molecular weight excluding hydrogens is 336 g/mol. The summed E-state index contributed by atoms with van der Waals surface area (Å²) >= 11 is 5.12. The Hall–Kier alpha value is -2.86. The van der Waals surface area contributed by atoms with Crippen LogP contribution in [0.4, 0.5) is 0 Å². The Morgan fingerprint density at radius 2 is 1.56 bits per heavy atom. The van der Waals surface area contributed by atoms with Crippen molar-refractivity contribution in [2.75, 3.05) is 14.2 Å². The monoisotopic (exact) mass is 356 g/mol. The van der Waals surface area contributed by atoms with Gasteiger partial charge in [0.1, 0.15) is 11.5 Å². The van der Waals surface area contributed by atoms with E-state index in [0.717, 1.165) is 22.6 Å². The quantitative estimate of drug-likeness (QED) is 0.616. The van der Waals surface area contributed by atoms with Gasteiger partial charge in [-0.2, -0.15) is 0 Å². The average Bonchev–Trinajstić information content (AvgIpc) is 2.65. The van der Waals surface area contributed by atoms with Crippen molar-refractivity contribution < 1.29 is 14.3 Å². The van der Waals surface area contributed by atoms with E-state index in [4.69, 9.17) is 21.7 Å². The van der Waals surface area contributed by atoms with Crippen molar-refractivity contribution >= 4 is 29.3 Å². The van der Waals surface area contributed by atoms with Crippen LogP contribution in [0.5, 0.6) is 11.5 Å². The van der Waals surface area contributed by atoms with E-state index in [0.29, 0.717) is 6.54 Å². The van der Waals surface area contributed by atoms with Crippen LogP contribution >= 0.6 is 12.2 Å². The number of nitrogens with one attached hydrogen (secondary N) is 2. The van der Waals surface area contributed by atoms with E-state index < -0.39 is 0 Å². The molecule has 0 spiro atoms. The number of ether oxygens (including phenoxy) is 2. The molecule has 0 fully saturated rings. The van der Waals surface area contributed by atoms with Gasteiger partial charge in [-0.25, -0.2) is 0 Å². The van der Waals surface area contributed by atoms with Gasteiger partial charge < -0.3 is 14.8 Å². The SMILES string of the molecule is COc1ccc(/C=C/C(=O)NC(=S)NCc2ccc(OC)cc2)cc1. The van der Waals surface area contributed by atoms with Crippen molar-refractivity contribution in [2.24, 2.45) is 0 Å². The van der Waals surface area contributed by atoms with Crippen LogP contribution in [-0.2, 0) is 11.3 Å². The lowest BCUT2D eigenvalue weighted by molar-refractivity contribution is -0.115. The molecule has 0 radical (unpaired) electrons. The molecule has 0 aliphatic rings. The number of methoxy groups -OCH3 is 2. The summed E-state index contributed by atoms with van der Waals surface area (Å²) in [5.41, 5.74) is 1.93. The standard InChI is InChI=1S/C19H20N2O3S/c1-23-16-8-3-14(4-9-16)7-12-18(22)21-19(25)20-13-15-5-10-17(24-2)11-6-15/h3-12H,13H2,1-2H3,(H2,20,21,22,25)/b12-7+. The molecule has 0 unspecified atom stereocenters. The molecule has 5 nitrogen and oxygen atoms in total. The molecule has 130 valence electrons. The molecule has 0 saturated heterocycles. The van der Waals surface area contributed by atoms with Gasteiger partial charge in [-0.3, -0.25) is 10.1 Å². The van der Waals surface area contributed by atoms with E-state index in [1.54, 1.807) is 20.3 Å². The van der Waals surface area contributed by atoms with E-state index in [1.807, 2.05) is 48.5 Å². The Kier molecular flexibility index (Phi) is 6.98. The first-order chi connectivity index (χ1) is 12.1. The third-order valence-corrected chi connectivity index (χ3v) is 3.64. The van der Waals surface area contributed by atoms with Crippen LogP contribution in [-0.4, -0.2) is 25.2 Å². The third-order valence-electron chi connectivity index (χ3n) is 3.39. The first-order valence-electron chi connectivity index (χ1n) is 7.64. The van der Waals surface area contributed by atoms with E-state index in [2.05, 4.69) is 10.6 Å². The first kappa shape index (κ1) is 18.5. The number of carbonyl (C=O) groups is 1. The third kappa shape index (κ3) is 6.27. The normalized spacial score (nSPS) is 10.3. The van der Waals surface area contributed by atoms with E-state index in [9.17, 15) is 4.79 Å². The summed E-state index contributed by atoms with van der Waals surface area (Å²) in [7, 11) is 3.23. The molecule has 0 atom stereocenters. The fraction of sp³-hybridized carbons (Fsp3) is 0.158. The zero-order chi connectivity index (χ0) is 18.1. The Labute approximate surface area is 152 Å². The van der Waals surface area contributed by atoms with E-state index in [-0.39, 0.29) is 11.0 Å². The zero-order valence-corrected chi connectivity index (χ0v) is 14.9. The van der Waals surface area contributed by atoms with Crippen LogP contribution in [0.2, 0.25) is 0 Å². The summed E-state index contributed by atoms with van der Waals surface area (Å²) in [6.45, 7) is 0.519. The Bertz CT molecular complexity index is 740. The minimum atomic E-state index is -0.289. The molecule has 0 saturated carbocycles. The first-order valence-corrected chi connectivity index (χ1v) is 8.05. The van der Waals surface area contributed by atoms with Crippen molar-refractivity contribution in [3.8, 4) is 11.5 Å². The molecule has 1 amide bonds. The molecule has 2 rings (SSSR count). The Morgan fingerprint density at radius 3 is 2.12 bits per heavy atom. The highest BCUT2D eigenvalue weighted by Gasteiger charge is 2.01. The van der Waals surface area contributed by atoms with Crippen LogP contribution in [0.15, 0.2) is 54.6 Å². The minimum Gasteiger partial charge on any atom is -0.497 e. The molecule has 0 aliphatic carbocycles. The number of hydrogen-bond acceptors (Lipinski definition) is 4. The lowest BCUT2D eigenvalue weighted by atomic mass is 10.2. The van der Waals surface area contributed by atoms with Gasteiger partial charge in [0.15, 0.2) is 5.11 Å². The Morgan fingerprint density at radius 1 is 1.00 bits per heavy atom. The summed E-state index contributed by atoms with van der Waals surface area (Å²) in [4.78, 5) is 11.9. The second kappa shape index (κ2) is 9.44. The minimum absolute atomic E-state index is 0.278. The molecule has 2 aromatic carbocycles. The lowest BCUT2D eigenvalue weighted by Crippen LogP contribution is -2.37. The van der Waals surface area contributed by atoms with E-state index in [1.165, 1.54) is 6.08 Å². The zero-order valence-electron chi connectivity index (χ0n) is 14.1. The van der Waals surface area contributed by atoms with Crippen LogP contribution < -0.4 is 20.1 Å². The molecule has 25 heavy (non-hydrogen) atoms. The van der Waals surface area contributed by atoms with Crippen LogP contribution in [0.1, 0.15) is 11.1 Å². The van der Waals surface area contributed by atoms with Gasteiger partial charge >= 0.3 is 0 Å². The second-order valence-electron chi connectivity index (χ2n) is 5.13. The maximum atomic E-state index is 11.9. The number of rotatable bonds is 6. The Balaban J connectivity index is 1.78. The van der Waals surface area contributed by atoms with Gasteiger partial charge in [-0.15, -0.1) is 0 Å². The predicted molar refractivity (Wildman–Crippen MR) is 103 cm³/mol. The van der Waals surface area contributed by atoms with Crippen LogP contribution in [0.3, 0.4) is 0 Å². The highest BCUT2D eigenvalue weighted by Crippen LogP contribution is 2.12. The number of benzene rings is 2. The van der Waals surface area contributed by atoms with Crippen molar-refractivity contribution in [3.05, 3.63) is 65.7 Å². The van der Waals surface area contributed by atoms with Gasteiger partial charge in [0, 0.05) is 12.6 Å². The summed E-state index contributed by atoms with van der Waals surface area (Å²) in [5.74, 6) is 1.27. The smallest absolute Gasteiger partial charge is 0.250 e. The summed E-state index contributed by atoms with van der Waals surface area (Å²) in [6.07, 6.45) is 3.14. The molecule has 0 aliphatic heterocycles. The van der Waals surface area contributed by atoms with Gasteiger partial charge in [0.25, 0.3) is 0 Å². The van der Waals surface area contributed by atoms with Crippen molar-refractivity contribution in [3.63, 3.8) is 0 Å². The largest absolute Gasteiger partial charge is 0.497 e. The summed E-state index contributed by atoms with van der Waals surface area (Å²) in [6, 6.07) is 15.0. The lowest BCUT2D eigenvalue weighted by Gasteiger charge is -2.08. The molecule has 0 bridgehead atoms. The van der Waals surface area contributed by atoms with Gasteiger partial charge in [-0.1, -0.05) is 24.3 Å². The van der Waals surface area contributed by atoms with Gasteiger partial charge in [-0.05, 0) is 53.7 Å². The van der Waals surface area contributed by atoms with Crippen molar-refractivity contribution in [2.45, 2.75) is 6.54 Å². The van der Waals surface area contributed by atoms with E-state index >= 15 is 0 Å². The van der Waals surface area contributed by atoms with Crippen molar-refractivity contribution in [1.29, 1.82) is 0 Å². The fourth-order valence-electron chi connectivity index (χ4n) is 2.01. The maximum absolute atomic E-state index is 11.9. The fourth-order valence-corrected chi connectivity index (χ4v) is 2.18. The molecule has 6 heteroatoms.